The van der Waals surface area contributed by atoms with Crippen LogP contribution in [0.3, 0.4) is 0 Å². The summed E-state index contributed by atoms with van der Waals surface area (Å²) >= 11 is 0. The minimum Gasteiger partial charge on any atom is -0.383 e. The number of aromatic nitrogens is 1. The SMILES string of the molecule is CCN(C(=O)c1cccnc1NC)C(C)COC. The standard InChI is InChI=1S/C13H21N3O2/c1-5-16(10(2)9-18-4)13(17)11-7-6-8-15-12(11)14-3/h6-8,10H,5,9H2,1-4H3,(H,14,15). The molecule has 0 radical (unpaired) electrons. The zero-order valence-electron chi connectivity index (χ0n) is 11.4. The van der Waals surface area contributed by atoms with Crippen LogP contribution in [0, 0.1) is 0 Å². The van der Waals surface area contributed by atoms with Gasteiger partial charge in [0.2, 0.25) is 0 Å². The maximum atomic E-state index is 12.5. The van der Waals surface area contributed by atoms with Crippen molar-refractivity contribution in [2.24, 2.45) is 0 Å². The molecule has 0 saturated heterocycles. The molecule has 0 aliphatic carbocycles. The average Bonchev–Trinajstić information content (AvgIpc) is 2.39. The van der Waals surface area contributed by atoms with E-state index in [2.05, 4.69) is 10.3 Å². The molecule has 0 aromatic carbocycles. The minimum atomic E-state index is -0.0282. The highest BCUT2D eigenvalue weighted by atomic mass is 16.5. The first-order valence-electron chi connectivity index (χ1n) is 6.08. The number of rotatable bonds is 6. The van der Waals surface area contributed by atoms with Crippen molar-refractivity contribution in [1.29, 1.82) is 0 Å². The van der Waals surface area contributed by atoms with Crippen LogP contribution in [-0.2, 0) is 4.74 Å². The smallest absolute Gasteiger partial charge is 0.257 e. The third kappa shape index (κ3) is 3.20. The maximum absolute atomic E-state index is 12.5. The molecule has 1 rings (SSSR count). The van der Waals surface area contributed by atoms with E-state index in [1.165, 1.54) is 0 Å². The van der Waals surface area contributed by atoms with Gasteiger partial charge in [0.25, 0.3) is 5.91 Å². The van der Waals surface area contributed by atoms with Crippen molar-refractivity contribution in [3.05, 3.63) is 23.9 Å². The predicted molar refractivity (Wildman–Crippen MR) is 71.8 cm³/mol. The zero-order valence-corrected chi connectivity index (χ0v) is 11.4. The highest BCUT2D eigenvalue weighted by Crippen LogP contribution is 2.15. The minimum absolute atomic E-state index is 0.0282. The van der Waals surface area contributed by atoms with Crippen LogP contribution in [0.2, 0.25) is 0 Å². The molecule has 5 nitrogen and oxygen atoms in total. The van der Waals surface area contributed by atoms with E-state index in [-0.39, 0.29) is 11.9 Å². The lowest BCUT2D eigenvalue weighted by molar-refractivity contribution is 0.0580. The second kappa shape index (κ2) is 6.96. The van der Waals surface area contributed by atoms with Gasteiger partial charge in [-0.2, -0.15) is 0 Å². The van der Waals surface area contributed by atoms with E-state index in [4.69, 9.17) is 4.74 Å². The second-order valence-corrected chi connectivity index (χ2v) is 4.05. The molecule has 1 amide bonds. The molecule has 0 aliphatic heterocycles. The number of amides is 1. The number of nitrogens with one attached hydrogen (secondary N) is 1. The highest BCUT2D eigenvalue weighted by Gasteiger charge is 2.22. The van der Waals surface area contributed by atoms with Crippen molar-refractivity contribution in [1.82, 2.24) is 9.88 Å². The predicted octanol–water partition coefficient (Wildman–Crippen LogP) is 1.62. The summed E-state index contributed by atoms with van der Waals surface area (Å²) in [5, 5.41) is 2.94. The average molecular weight is 251 g/mol. The third-order valence-electron chi connectivity index (χ3n) is 2.82. The summed E-state index contributed by atoms with van der Waals surface area (Å²) in [4.78, 5) is 18.4. The van der Waals surface area contributed by atoms with E-state index >= 15 is 0 Å². The van der Waals surface area contributed by atoms with Crippen LogP contribution < -0.4 is 5.32 Å². The monoisotopic (exact) mass is 251 g/mol. The van der Waals surface area contributed by atoms with Gasteiger partial charge in [0, 0.05) is 26.9 Å². The molecule has 0 aliphatic rings. The lowest BCUT2D eigenvalue weighted by Gasteiger charge is -2.28. The molecule has 1 N–H and O–H groups in total. The van der Waals surface area contributed by atoms with E-state index in [1.54, 1.807) is 37.4 Å². The molecule has 0 saturated carbocycles. The van der Waals surface area contributed by atoms with E-state index in [9.17, 15) is 4.79 Å². The summed E-state index contributed by atoms with van der Waals surface area (Å²) in [5.41, 5.74) is 0.588. The number of carbonyl (C=O) groups is 1. The van der Waals surface area contributed by atoms with Crippen molar-refractivity contribution in [3.63, 3.8) is 0 Å². The van der Waals surface area contributed by atoms with Gasteiger partial charge in [0.05, 0.1) is 18.2 Å². The fraction of sp³-hybridized carbons (Fsp3) is 0.538. The Morgan fingerprint density at radius 3 is 2.89 bits per heavy atom. The van der Waals surface area contributed by atoms with E-state index < -0.39 is 0 Å². The maximum Gasteiger partial charge on any atom is 0.257 e. The fourth-order valence-corrected chi connectivity index (χ4v) is 1.92. The number of anilines is 1. The Hall–Kier alpha value is -1.62. The zero-order chi connectivity index (χ0) is 13.5. The molecule has 0 bridgehead atoms. The van der Waals surface area contributed by atoms with Crippen LogP contribution >= 0.6 is 0 Å². The number of pyridine rings is 1. The normalized spacial score (nSPS) is 12.0. The first-order valence-corrected chi connectivity index (χ1v) is 6.08. The summed E-state index contributed by atoms with van der Waals surface area (Å²) in [7, 11) is 3.39. The highest BCUT2D eigenvalue weighted by molar-refractivity contribution is 5.98. The lowest BCUT2D eigenvalue weighted by Crippen LogP contribution is -2.41. The van der Waals surface area contributed by atoms with Crippen LogP contribution in [-0.4, -0.2) is 49.1 Å². The number of methoxy groups -OCH3 is 1. The van der Waals surface area contributed by atoms with Gasteiger partial charge in [-0.25, -0.2) is 4.98 Å². The van der Waals surface area contributed by atoms with E-state index in [0.29, 0.717) is 24.5 Å². The molecule has 1 aromatic rings. The van der Waals surface area contributed by atoms with Crippen molar-refractivity contribution < 1.29 is 9.53 Å². The van der Waals surface area contributed by atoms with E-state index in [0.717, 1.165) is 0 Å². The number of carbonyl (C=O) groups excluding carboxylic acids is 1. The summed E-state index contributed by atoms with van der Waals surface area (Å²) in [6, 6.07) is 3.59. The van der Waals surface area contributed by atoms with Gasteiger partial charge in [-0.05, 0) is 26.0 Å². The van der Waals surface area contributed by atoms with Crippen molar-refractivity contribution >= 4 is 11.7 Å². The molecule has 1 unspecified atom stereocenters. The van der Waals surface area contributed by atoms with Gasteiger partial charge in [-0.3, -0.25) is 4.79 Å². The van der Waals surface area contributed by atoms with Crippen LogP contribution in [0.1, 0.15) is 24.2 Å². The summed E-state index contributed by atoms with van der Waals surface area (Å²) in [6.45, 7) is 5.09. The molecular weight excluding hydrogens is 230 g/mol. The quantitative estimate of drug-likeness (QED) is 0.834. The van der Waals surface area contributed by atoms with Crippen LogP contribution in [0.4, 0.5) is 5.82 Å². The van der Waals surface area contributed by atoms with Gasteiger partial charge in [-0.1, -0.05) is 0 Å². The Balaban J connectivity index is 2.96. The summed E-state index contributed by atoms with van der Waals surface area (Å²) in [5.74, 6) is 0.574. The molecule has 18 heavy (non-hydrogen) atoms. The molecule has 100 valence electrons. The van der Waals surface area contributed by atoms with Gasteiger partial charge in [0.15, 0.2) is 0 Å². The summed E-state index contributed by atoms with van der Waals surface area (Å²) < 4.78 is 5.10. The number of likely N-dealkylation sites (N-methyl/N-ethyl adjacent to an activating group) is 1. The first-order chi connectivity index (χ1) is 8.65. The Bertz CT molecular complexity index is 396. The van der Waals surface area contributed by atoms with Gasteiger partial charge in [-0.15, -0.1) is 0 Å². The molecular formula is C13H21N3O2. The Labute approximate surface area is 108 Å². The molecule has 5 heteroatoms. The molecule has 0 fully saturated rings. The molecule has 1 atom stereocenters. The number of hydrogen-bond donors (Lipinski definition) is 1. The molecule has 0 spiro atoms. The van der Waals surface area contributed by atoms with Gasteiger partial charge < -0.3 is 15.0 Å². The Morgan fingerprint density at radius 1 is 1.61 bits per heavy atom. The number of ether oxygens (including phenoxy) is 1. The lowest BCUT2D eigenvalue weighted by atomic mass is 10.2. The topological polar surface area (TPSA) is 54.5 Å². The largest absolute Gasteiger partial charge is 0.383 e. The Kier molecular flexibility index (Phi) is 5.58. The molecule has 1 aromatic heterocycles. The first kappa shape index (κ1) is 14.4. The number of nitrogens with zero attached hydrogens (tertiary/aromatic N) is 2. The van der Waals surface area contributed by atoms with Crippen LogP contribution in [0.15, 0.2) is 18.3 Å². The third-order valence-corrected chi connectivity index (χ3v) is 2.82. The van der Waals surface area contributed by atoms with Gasteiger partial charge in [0.1, 0.15) is 5.82 Å². The van der Waals surface area contributed by atoms with Gasteiger partial charge >= 0.3 is 0 Å². The van der Waals surface area contributed by atoms with Crippen molar-refractivity contribution in [2.45, 2.75) is 19.9 Å². The molecule has 1 heterocycles. The van der Waals surface area contributed by atoms with Crippen molar-refractivity contribution in [3.8, 4) is 0 Å². The van der Waals surface area contributed by atoms with Crippen LogP contribution in [0.5, 0.6) is 0 Å². The second-order valence-electron chi connectivity index (χ2n) is 4.05. The fourth-order valence-electron chi connectivity index (χ4n) is 1.92. The van der Waals surface area contributed by atoms with E-state index in [1.807, 2.05) is 13.8 Å². The van der Waals surface area contributed by atoms with Crippen LogP contribution in [0.25, 0.3) is 0 Å². The number of hydrogen-bond acceptors (Lipinski definition) is 4. The summed E-state index contributed by atoms with van der Waals surface area (Å²) in [6.07, 6.45) is 1.66. The Morgan fingerprint density at radius 2 is 2.33 bits per heavy atom. The van der Waals surface area contributed by atoms with Crippen molar-refractivity contribution in [2.75, 3.05) is 32.6 Å².